The number of anilines is 1. The van der Waals surface area contributed by atoms with Crippen molar-refractivity contribution in [3.05, 3.63) is 53.1 Å². The zero-order valence-electron chi connectivity index (χ0n) is 17.3. The summed E-state index contributed by atoms with van der Waals surface area (Å²) < 4.78 is 32.8. The van der Waals surface area contributed by atoms with Crippen molar-refractivity contribution in [1.29, 1.82) is 0 Å². The number of aryl methyl sites for hydroxylation is 1. The Balaban J connectivity index is 2.26. The first-order valence-electron chi connectivity index (χ1n) is 9.38. The number of amides is 1. The zero-order chi connectivity index (χ0) is 21.8. The lowest BCUT2D eigenvalue weighted by Gasteiger charge is -2.26. The molecule has 0 fully saturated rings. The van der Waals surface area contributed by atoms with E-state index in [0.717, 1.165) is 5.56 Å². The third-order valence-corrected chi connectivity index (χ3v) is 6.83. The van der Waals surface area contributed by atoms with E-state index in [0.29, 0.717) is 29.5 Å². The molecular formula is C21H27ClN2O4S. The highest BCUT2D eigenvalue weighted by atomic mass is 35.5. The summed E-state index contributed by atoms with van der Waals surface area (Å²) >= 11 is 5.88. The minimum atomic E-state index is -3.63. The van der Waals surface area contributed by atoms with Gasteiger partial charge < -0.3 is 10.1 Å². The van der Waals surface area contributed by atoms with Crippen LogP contribution in [0, 0.1) is 6.92 Å². The van der Waals surface area contributed by atoms with E-state index in [4.69, 9.17) is 16.3 Å². The Morgan fingerprint density at radius 3 is 2.24 bits per heavy atom. The molecule has 2 aromatic rings. The van der Waals surface area contributed by atoms with Crippen LogP contribution in [-0.2, 0) is 14.8 Å². The highest BCUT2D eigenvalue weighted by molar-refractivity contribution is 7.89. The van der Waals surface area contributed by atoms with Crippen molar-refractivity contribution in [2.45, 2.75) is 45.1 Å². The van der Waals surface area contributed by atoms with Gasteiger partial charge in [0.15, 0.2) is 5.60 Å². The van der Waals surface area contributed by atoms with E-state index < -0.39 is 21.5 Å². The van der Waals surface area contributed by atoms with Crippen LogP contribution in [0.2, 0.25) is 5.02 Å². The van der Waals surface area contributed by atoms with Crippen LogP contribution in [0.4, 0.5) is 5.69 Å². The molecule has 0 unspecified atom stereocenters. The van der Waals surface area contributed by atoms with Gasteiger partial charge in [0.25, 0.3) is 5.91 Å². The van der Waals surface area contributed by atoms with Gasteiger partial charge >= 0.3 is 0 Å². The van der Waals surface area contributed by atoms with Crippen LogP contribution in [0.25, 0.3) is 0 Å². The normalized spacial score (nSPS) is 12.1. The Bertz CT molecular complexity index is 969. The molecule has 29 heavy (non-hydrogen) atoms. The molecule has 158 valence electrons. The van der Waals surface area contributed by atoms with Crippen molar-refractivity contribution >= 4 is 33.2 Å². The Hall–Kier alpha value is -2.09. The molecule has 1 amide bonds. The number of carbonyl (C=O) groups is 1. The first-order chi connectivity index (χ1) is 13.5. The number of nitrogens with one attached hydrogen (secondary N) is 1. The first kappa shape index (κ1) is 23.2. The average molecular weight is 439 g/mol. The molecule has 0 aliphatic carbocycles. The van der Waals surface area contributed by atoms with E-state index in [1.54, 1.807) is 71.0 Å². The summed E-state index contributed by atoms with van der Waals surface area (Å²) in [7, 11) is -3.63. The fourth-order valence-corrected chi connectivity index (χ4v) is 4.34. The molecule has 0 saturated carbocycles. The maximum Gasteiger partial charge on any atom is 0.267 e. The van der Waals surface area contributed by atoms with Crippen molar-refractivity contribution in [1.82, 2.24) is 4.31 Å². The van der Waals surface area contributed by atoms with Crippen LogP contribution >= 0.6 is 11.6 Å². The molecule has 8 heteroatoms. The Kier molecular flexibility index (Phi) is 7.32. The van der Waals surface area contributed by atoms with Gasteiger partial charge in [-0.3, -0.25) is 4.79 Å². The van der Waals surface area contributed by atoms with Crippen molar-refractivity contribution in [2.24, 2.45) is 0 Å². The fraction of sp³-hybridized carbons (Fsp3) is 0.381. The number of hydrogen-bond acceptors (Lipinski definition) is 4. The second-order valence-electron chi connectivity index (χ2n) is 7.09. The van der Waals surface area contributed by atoms with Crippen LogP contribution in [-0.4, -0.2) is 37.3 Å². The van der Waals surface area contributed by atoms with Gasteiger partial charge in [-0.2, -0.15) is 4.31 Å². The zero-order valence-corrected chi connectivity index (χ0v) is 18.9. The molecule has 2 rings (SSSR count). The van der Waals surface area contributed by atoms with Gasteiger partial charge in [0, 0.05) is 23.8 Å². The smallest absolute Gasteiger partial charge is 0.267 e. The summed E-state index contributed by atoms with van der Waals surface area (Å²) in [5.41, 5.74) is -0.0104. The summed E-state index contributed by atoms with van der Waals surface area (Å²) in [5, 5.41) is 3.37. The predicted molar refractivity (Wildman–Crippen MR) is 116 cm³/mol. The summed E-state index contributed by atoms with van der Waals surface area (Å²) in [5.74, 6) is 0.108. The molecular weight excluding hydrogens is 412 g/mol. The highest BCUT2D eigenvalue weighted by Crippen LogP contribution is 2.26. The van der Waals surface area contributed by atoms with E-state index in [2.05, 4.69) is 5.32 Å². The molecule has 0 atom stereocenters. The lowest BCUT2D eigenvalue weighted by atomic mass is 10.1. The van der Waals surface area contributed by atoms with Crippen molar-refractivity contribution in [3.8, 4) is 5.75 Å². The Morgan fingerprint density at radius 2 is 1.69 bits per heavy atom. The van der Waals surface area contributed by atoms with Crippen molar-refractivity contribution in [2.75, 3.05) is 18.4 Å². The Morgan fingerprint density at radius 1 is 1.10 bits per heavy atom. The van der Waals surface area contributed by atoms with Crippen LogP contribution in [0.15, 0.2) is 47.4 Å². The summed E-state index contributed by atoms with van der Waals surface area (Å²) in [6, 6.07) is 11.4. The number of ether oxygens (including phenoxy) is 1. The number of rotatable bonds is 8. The lowest BCUT2D eigenvalue weighted by molar-refractivity contribution is -0.128. The number of benzene rings is 2. The van der Waals surface area contributed by atoms with E-state index in [1.807, 2.05) is 0 Å². The molecule has 6 nitrogen and oxygen atoms in total. The van der Waals surface area contributed by atoms with Crippen molar-refractivity contribution < 1.29 is 17.9 Å². The van der Waals surface area contributed by atoms with E-state index >= 15 is 0 Å². The quantitative estimate of drug-likeness (QED) is 0.659. The number of hydrogen-bond donors (Lipinski definition) is 1. The maximum atomic E-state index is 12.8. The van der Waals surface area contributed by atoms with Crippen LogP contribution in [0.5, 0.6) is 5.75 Å². The molecule has 0 saturated heterocycles. The molecule has 0 aromatic heterocycles. The van der Waals surface area contributed by atoms with Crippen LogP contribution in [0.3, 0.4) is 0 Å². The van der Waals surface area contributed by atoms with Gasteiger partial charge in [-0.05, 0) is 62.7 Å². The Labute approximate surface area is 177 Å². The second-order valence-corrected chi connectivity index (χ2v) is 9.46. The third-order valence-electron chi connectivity index (χ3n) is 4.53. The molecule has 0 aliphatic heterocycles. The molecule has 0 aliphatic rings. The van der Waals surface area contributed by atoms with E-state index in [9.17, 15) is 13.2 Å². The number of sulfonamides is 1. The van der Waals surface area contributed by atoms with E-state index in [1.165, 1.54) is 10.4 Å². The number of carbonyl (C=O) groups excluding carboxylic acids is 1. The first-order valence-corrected chi connectivity index (χ1v) is 11.2. The largest absolute Gasteiger partial charge is 0.478 e. The molecule has 2 aromatic carbocycles. The van der Waals surface area contributed by atoms with Crippen molar-refractivity contribution in [3.63, 3.8) is 0 Å². The highest BCUT2D eigenvalue weighted by Gasteiger charge is 2.31. The minimum absolute atomic E-state index is 0.138. The topological polar surface area (TPSA) is 75.7 Å². The van der Waals surface area contributed by atoms with Crippen LogP contribution < -0.4 is 10.1 Å². The summed E-state index contributed by atoms with van der Waals surface area (Å²) in [4.78, 5) is 13.0. The van der Waals surface area contributed by atoms with Gasteiger partial charge in [0.2, 0.25) is 10.0 Å². The van der Waals surface area contributed by atoms with Gasteiger partial charge in [-0.1, -0.05) is 31.5 Å². The fourth-order valence-electron chi connectivity index (χ4n) is 2.73. The van der Waals surface area contributed by atoms with E-state index in [-0.39, 0.29) is 4.90 Å². The SMILES string of the molecule is CCN(CC)S(=O)(=O)c1ccc(C)c(NC(=O)C(C)(C)Oc2ccc(Cl)cc2)c1. The maximum absolute atomic E-state index is 12.8. The van der Waals surface area contributed by atoms with Crippen LogP contribution in [0.1, 0.15) is 33.3 Å². The van der Waals surface area contributed by atoms with Gasteiger partial charge in [0.05, 0.1) is 4.90 Å². The molecule has 0 spiro atoms. The standard InChI is InChI=1S/C21H27ClN2O4S/c1-6-24(7-2)29(26,27)18-13-8-15(3)19(14-18)23-20(25)21(4,5)28-17-11-9-16(22)10-12-17/h8-14H,6-7H2,1-5H3,(H,23,25). The summed E-state index contributed by atoms with van der Waals surface area (Å²) in [6.45, 7) is 9.40. The minimum Gasteiger partial charge on any atom is -0.478 e. The lowest BCUT2D eigenvalue weighted by Crippen LogP contribution is -2.42. The number of halogens is 1. The van der Waals surface area contributed by atoms with Gasteiger partial charge in [0.1, 0.15) is 5.75 Å². The van der Waals surface area contributed by atoms with Gasteiger partial charge in [-0.25, -0.2) is 8.42 Å². The second kappa shape index (κ2) is 9.15. The monoisotopic (exact) mass is 438 g/mol. The molecule has 0 heterocycles. The predicted octanol–water partition coefficient (Wildman–Crippen LogP) is 4.48. The summed E-state index contributed by atoms with van der Waals surface area (Å²) in [6.07, 6.45) is 0. The van der Waals surface area contributed by atoms with Gasteiger partial charge in [-0.15, -0.1) is 0 Å². The number of nitrogens with zero attached hydrogens (tertiary/aromatic N) is 1. The molecule has 0 radical (unpaired) electrons. The molecule has 0 bridgehead atoms. The molecule has 1 N–H and O–H groups in total. The third kappa shape index (κ3) is 5.50. The average Bonchev–Trinajstić information content (AvgIpc) is 2.65.